The van der Waals surface area contributed by atoms with Crippen molar-refractivity contribution < 1.29 is 14.6 Å². The normalized spacial score (nSPS) is 16.0. The summed E-state index contributed by atoms with van der Waals surface area (Å²) in [7, 11) is 1.54. The van der Waals surface area contributed by atoms with Gasteiger partial charge in [-0.1, -0.05) is 29.8 Å². The van der Waals surface area contributed by atoms with E-state index in [-0.39, 0.29) is 17.7 Å². The number of fused-ring (bicyclic) bond motifs is 1. The number of likely N-dealkylation sites (tertiary alicyclic amines) is 1. The number of aromatic nitrogens is 2. The van der Waals surface area contributed by atoms with Gasteiger partial charge < -0.3 is 14.7 Å². The molecule has 0 aliphatic carbocycles. The zero-order valence-corrected chi connectivity index (χ0v) is 20.7. The number of carbonyl (C=O) groups excluding carboxylic acids is 1. The topological polar surface area (TPSA) is 67.6 Å². The molecule has 1 saturated heterocycles. The number of phenolic OH excluding ortho intramolecular Hbond substituents is 1. The first-order chi connectivity index (χ1) is 16.9. The maximum atomic E-state index is 14.0. The highest BCUT2D eigenvalue weighted by molar-refractivity contribution is 5.97. The van der Waals surface area contributed by atoms with Gasteiger partial charge in [-0.05, 0) is 75.4 Å². The minimum atomic E-state index is -0.173. The molecular formula is C29H31N3O3. The number of aryl methyl sites for hydroxylation is 3. The Morgan fingerprint density at radius 3 is 2.49 bits per heavy atom. The number of hydrogen-bond donors (Lipinski definition) is 1. The van der Waals surface area contributed by atoms with Gasteiger partial charge in [-0.2, -0.15) is 0 Å². The van der Waals surface area contributed by atoms with Crippen molar-refractivity contribution in [2.45, 2.75) is 46.1 Å². The molecular weight excluding hydrogens is 438 g/mol. The van der Waals surface area contributed by atoms with Crippen LogP contribution in [0.3, 0.4) is 0 Å². The standard InChI is InChI=1S/C29H31N3O3/c1-18-15-19(2)27(20(3)16-18)29(34)31-14-8-7-11-24(31)28-30-22-9-5-6-10-23(22)32(28)21-12-13-26(35-4)25(33)17-21/h5-6,9-10,12-13,15-17,24,33H,7-8,11,14H2,1-4H3. The molecule has 1 aliphatic rings. The summed E-state index contributed by atoms with van der Waals surface area (Å²) in [6.45, 7) is 6.78. The minimum Gasteiger partial charge on any atom is -0.504 e. The Bertz CT molecular complexity index is 1400. The molecule has 1 aromatic heterocycles. The Morgan fingerprint density at radius 2 is 1.77 bits per heavy atom. The van der Waals surface area contributed by atoms with Crippen molar-refractivity contribution in [1.82, 2.24) is 14.5 Å². The molecule has 1 fully saturated rings. The summed E-state index contributed by atoms with van der Waals surface area (Å²) in [5, 5.41) is 10.5. The number of para-hydroxylation sites is 2. The van der Waals surface area contributed by atoms with E-state index in [4.69, 9.17) is 9.72 Å². The van der Waals surface area contributed by atoms with E-state index in [2.05, 4.69) is 23.6 Å². The molecule has 4 aromatic rings. The molecule has 6 heteroatoms. The van der Waals surface area contributed by atoms with Crippen molar-refractivity contribution in [1.29, 1.82) is 0 Å². The summed E-state index contributed by atoms with van der Waals surface area (Å²) >= 11 is 0. The molecule has 1 atom stereocenters. The summed E-state index contributed by atoms with van der Waals surface area (Å²) in [6, 6.07) is 17.3. The first-order valence-corrected chi connectivity index (χ1v) is 12.1. The van der Waals surface area contributed by atoms with Crippen LogP contribution in [-0.2, 0) is 0 Å². The van der Waals surface area contributed by atoms with Gasteiger partial charge in [-0.15, -0.1) is 0 Å². The molecule has 1 N–H and O–H groups in total. The molecule has 1 unspecified atom stereocenters. The molecule has 0 spiro atoms. The molecule has 0 saturated carbocycles. The number of carbonyl (C=O) groups is 1. The second-order valence-electron chi connectivity index (χ2n) is 9.43. The third-order valence-corrected chi connectivity index (χ3v) is 6.96. The first kappa shape index (κ1) is 23.0. The Balaban J connectivity index is 1.66. The second kappa shape index (κ2) is 9.10. The molecule has 35 heavy (non-hydrogen) atoms. The molecule has 0 bridgehead atoms. The summed E-state index contributed by atoms with van der Waals surface area (Å²) in [5.41, 5.74) is 6.54. The van der Waals surface area contributed by atoms with Crippen molar-refractivity contribution in [3.05, 3.63) is 82.7 Å². The van der Waals surface area contributed by atoms with Crippen LogP contribution in [-0.4, -0.2) is 39.1 Å². The van der Waals surface area contributed by atoms with E-state index in [1.165, 1.54) is 7.11 Å². The predicted molar refractivity (Wildman–Crippen MR) is 138 cm³/mol. The van der Waals surface area contributed by atoms with Crippen LogP contribution in [0.2, 0.25) is 0 Å². The molecule has 5 rings (SSSR count). The number of phenols is 1. The summed E-state index contributed by atoms with van der Waals surface area (Å²) in [6.07, 6.45) is 2.83. The molecule has 1 aliphatic heterocycles. The Kier molecular flexibility index (Phi) is 5.97. The monoisotopic (exact) mass is 469 g/mol. The molecule has 3 aromatic carbocycles. The quantitative estimate of drug-likeness (QED) is 0.396. The molecule has 0 radical (unpaired) electrons. The number of nitrogens with zero attached hydrogens (tertiary/aromatic N) is 3. The lowest BCUT2D eigenvalue weighted by molar-refractivity contribution is 0.0597. The molecule has 2 heterocycles. The molecule has 6 nitrogen and oxygen atoms in total. The second-order valence-corrected chi connectivity index (χ2v) is 9.43. The number of piperidine rings is 1. The van der Waals surface area contributed by atoms with Crippen molar-refractivity contribution in [2.24, 2.45) is 0 Å². The van der Waals surface area contributed by atoms with Crippen LogP contribution in [0, 0.1) is 20.8 Å². The van der Waals surface area contributed by atoms with E-state index in [0.717, 1.165) is 64.1 Å². The number of amides is 1. The first-order valence-electron chi connectivity index (χ1n) is 12.1. The van der Waals surface area contributed by atoms with Crippen molar-refractivity contribution in [3.8, 4) is 17.2 Å². The van der Waals surface area contributed by atoms with Gasteiger partial charge in [0.15, 0.2) is 11.5 Å². The van der Waals surface area contributed by atoms with Gasteiger partial charge in [0.2, 0.25) is 0 Å². The zero-order chi connectivity index (χ0) is 24.7. The number of aromatic hydroxyl groups is 1. The van der Waals surface area contributed by atoms with Crippen molar-refractivity contribution in [3.63, 3.8) is 0 Å². The third kappa shape index (κ3) is 4.03. The van der Waals surface area contributed by atoms with Crippen LogP contribution in [0.4, 0.5) is 0 Å². The van der Waals surface area contributed by atoms with Crippen molar-refractivity contribution in [2.75, 3.05) is 13.7 Å². The number of imidazole rings is 1. The SMILES string of the molecule is COc1ccc(-n2c(C3CCCCN3C(=O)c3c(C)cc(C)cc3C)nc3ccccc32)cc1O. The van der Waals surface area contributed by atoms with Crippen LogP contribution in [0.15, 0.2) is 54.6 Å². The zero-order valence-electron chi connectivity index (χ0n) is 20.7. The lowest BCUT2D eigenvalue weighted by atomic mass is 9.95. The van der Waals surface area contributed by atoms with Crippen LogP contribution in [0.1, 0.15) is 58.2 Å². The Morgan fingerprint density at radius 1 is 1.03 bits per heavy atom. The van der Waals surface area contributed by atoms with Gasteiger partial charge in [0.1, 0.15) is 5.82 Å². The van der Waals surface area contributed by atoms with E-state index >= 15 is 0 Å². The van der Waals surface area contributed by atoms with Crippen LogP contribution < -0.4 is 4.74 Å². The summed E-state index contributed by atoms with van der Waals surface area (Å²) in [5.74, 6) is 1.35. The van der Waals surface area contributed by atoms with Gasteiger partial charge in [0.05, 0.1) is 29.9 Å². The fourth-order valence-corrected chi connectivity index (χ4v) is 5.46. The van der Waals surface area contributed by atoms with Gasteiger partial charge in [0.25, 0.3) is 5.91 Å². The van der Waals surface area contributed by atoms with Gasteiger partial charge in [0, 0.05) is 18.2 Å². The van der Waals surface area contributed by atoms with Gasteiger partial charge >= 0.3 is 0 Å². The minimum absolute atomic E-state index is 0.0564. The fraction of sp³-hybridized carbons (Fsp3) is 0.310. The predicted octanol–water partition coefficient (Wildman–Crippen LogP) is 6.03. The summed E-state index contributed by atoms with van der Waals surface area (Å²) in [4.78, 5) is 21.0. The van der Waals surface area contributed by atoms with Crippen molar-refractivity contribution >= 4 is 16.9 Å². The number of hydrogen-bond acceptors (Lipinski definition) is 4. The smallest absolute Gasteiger partial charge is 0.255 e. The van der Waals surface area contributed by atoms with E-state index in [1.807, 2.05) is 49.1 Å². The highest BCUT2D eigenvalue weighted by atomic mass is 16.5. The lowest BCUT2D eigenvalue weighted by Gasteiger charge is -2.36. The Hall–Kier alpha value is -3.80. The van der Waals surface area contributed by atoms with Gasteiger partial charge in [-0.3, -0.25) is 9.36 Å². The lowest BCUT2D eigenvalue weighted by Crippen LogP contribution is -2.40. The average Bonchev–Trinajstić information content (AvgIpc) is 3.22. The molecule has 180 valence electrons. The maximum absolute atomic E-state index is 14.0. The summed E-state index contributed by atoms with van der Waals surface area (Å²) < 4.78 is 7.32. The van der Waals surface area contributed by atoms with Crippen LogP contribution in [0.25, 0.3) is 16.7 Å². The van der Waals surface area contributed by atoms with Crippen LogP contribution >= 0.6 is 0 Å². The number of benzene rings is 3. The highest BCUT2D eigenvalue weighted by Crippen LogP contribution is 2.37. The number of rotatable bonds is 4. The largest absolute Gasteiger partial charge is 0.504 e. The Labute approximate surface area is 205 Å². The van der Waals surface area contributed by atoms with E-state index in [9.17, 15) is 9.90 Å². The third-order valence-electron chi connectivity index (χ3n) is 6.96. The highest BCUT2D eigenvalue weighted by Gasteiger charge is 2.34. The van der Waals surface area contributed by atoms with Gasteiger partial charge in [-0.25, -0.2) is 4.98 Å². The molecule has 1 amide bonds. The van der Waals surface area contributed by atoms with E-state index in [1.54, 1.807) is 12.1 Å². The van der Waals surface area contributed by atoms with E-state index < -0.39 is 0 Å². The fourth-order valence-electron chi connectivity index (χ4n) is 5.46. The number of ether oxygens (including phenoxy) is 1. The van der Waals surface area contributed by atoms with Crippen LogP contribution in [0.5, 0.6) is 11.5 Å². The maximum Gasteiger partial charge on any atom is 0.255 e. The number of methoxy groups -OCH3 is 1. The average molecular weight is 470 g/mol. The van der Waals surface area contributed by atoms with E-state index in [0.29, 0.717) is 12.3 Å².